The molecule has 3 aliphatic heterocycles. The number of halogens is 1. The Balaban J connectivity index is 1.25. The minimum absolute atomic E-state index is 0.00859. The largest absolute Gasteiger partial charge is 0.372 e. The van der Waals surface area contributed by atoms with Crippen LogP contribution in [0.3, 0.4) is 0 Å². The van der Waals surface area contributed by atoms with Gasteiger partial charge in [0.15, 0.2) is 0 Å². The summed E-state index contributed by atoms with van der Waals surface area (Å²) in [6, 6.07) is 0. The molecule has 4 fully saturated rings. The highest BCUT2D eigenvalue weighted by molar-refractivity contribution is 5.80. The summed E-state index contributed by atoms with van der Waals surface area (Å²) in [6.07, 6.45) is 3.63. The van der Waals surface area contributed by atoms with E-state index < -0.39 is 6.17 Å². The molecule has 1 aliphatic carbocycles. The molecule has 128 valence electrons. The highest BCUT2D eigenvalue weighted by Crippen LogP contribution is 2.38. The van der Waals surface area contributed by atoms with Gasteiger partial charge in [0, 0.05) is 38.0 Å². The van der Waals surface area contributed by atoms with E-state index in [1.807, 2.05) is 9.80 Å². The summed E-state index contributed by atoms with van der Waals surface area (Å²) in [5.74, 6) is 0.540. The van der Waals surface area contributed by atoms with Crippen LogP contribution in [0.5, 0.6) is 0 Å². The van der Waals surface area contributed by atoms with Crippen molar-refractivity contribution in [3.63, 3.8) is 0 Å². The number of alkyl halides is 1. The van der Waals surface area contributed by atoms with Crippen molar-refractivity contribution in [1.29, 1.82) is 0 Å². The molecule has 0 aromatic heterocycles. The fourth-order valence-corrected chi connectivity index (χ4v) is 4.47. The van der Waals surface area contributed by atoms with Crippen LogP contribution in [-0.2, 0) is 14.3 Å². The lowest BCUT2D eigenvalue weighted by molar-refractivity contribution is -0.141. The topological polar surface area (TPSA) is 49.9 Å². The molecule has 0 aromatic carbocycles. The Morgan fingerprint density at radius 2 is 1.78 bits per heavy atom. The van der Waals surface area contributed by atoms with Crippen molar-refractivity contribution in [1.82, 2.24) is 9.80 Å². The van der Waals surface area contributed by atoms with Gasteiger partial charge in [-0.2, -0.15) is 0 Å². The summed E-state index contributed by atoms with van der Waals surface area (Å²) in [7, 11) is 0. The number of hydrogen-bond donors (Lipinski definition) is 0. The summed E-state index contributed by atoms with van der Waals surface area (Å²) in [4.78, 5) is 28.3. The SMILES string of the molecule is O=C(C[C@@H]1C[C@H]2CN(C(=O)C3CC(F)C3)C[C@H]2O1)N1CCCC1. The van der Waals surface area contributed by atoms with Crippen LogP contribution in [-0.4, -0.2) is 66.2 Å². The molecule has 4 aliphatic rings. The monoisotopic (exact) mass is 324 g/mol. The summed E-state index contributed by atoms with van der Waals surface area (Å²) in [6.45, 7) is 3.10. The highest BCUT2D eigenvalue weighted by atomic mass is 19.1. The summed E-state index contributed by atoms with van der Waals surface area (Å²) in [5.41, 5.74) is 0. The first-order chi connectivity index (χ1) is 11.1. The Kier molecular flexibility index (Phi) is 4.03. The van der Waals surface area contributed by atoms with E-state index in [-0.39, 0.29) is 29.9 Å². The maximum atomic E-state index is 12.9. The number of likely N-dealkylation sites (tertiary alicyclic amines) is 2. The third-order valence-electron chi connectivity index (χ3n) is 5.92. The molecular formula is C17H25FN2O3. The van der Waals surface area contributed by atoms with Gasteiger partial charge in [-0.3, -0.25) is 9.59 Å². The van der Waals surface area contributed by atoms with Gasteiger partial charge in [0.05, 0.1) is 18.6 Å². The van der Waals surface area contributed by atoms with Crippen LogP contribution in [0.15, 0.2) is 0 Å². The molecule has 1 saturated carbocycles. The van der Waals surface area contributed by atoms with Crippen molar-refractivity contribution >= 4 is 11.8 Å². The molecule has 0 spiro atoms. The van der Waals surface area contributed by atoms with Crippen LogP contribution in [0, 0.1) is 11.8 Å². The van der Waals surface area contributed by atoms with Crippen molar-refractivity contribution in [2.24, 2.45) is 11.8 Å². The van der Waals surface area contributed by atoms with E-state index in [2.05, 4.69) is 0 Å². The van der Waals surface area contributed by atoms with Gasteiger partial charge >= 0.3 is 0 Å². The van der Waals surface area contributed by atoms with Crippen LogP contribution in [0.1, 0.15) is 38.5 Å². The first-order valence-electron chi connectivity index (χ1n) is 8.96. The summed E-state index contributed by atoms with van der Waals surface area (Å²) in [5, 5.41) is 0. The predicted molar refractivity (Wildman–Crippen MR) is 81.4 cm³/mol. The Bertz CT molecular complexity index is 474. The number of carbonyl (C=O) groups is 2. The fourth-order valence-electron chi connectivity index (χ4n) is 4.47. The van der Waals surface area contributed by atoms with Crippen molar-refractivity contribution in [2.45, 2.75) is 56.9 Å². The number of hydrogen-bond acceptors (Lipinski definition) is 3. The van der Waals surface area contributed by atoms with Gasteiger partial charge < -0.3 is 14.5 Å². The average molecular weight is 324 g/mol. The van der Waals surface area contributed by atoms with Crippen molar-refractivity contribution < 1.29 is 18.7 Å². The van der Waals surface area contributed by atoms with Crippen LogP contribution in [0.2, 0.25) is 0 Å². The normalized spacial score (nSPS) is 39.4. The van der Waals surface area contributed by atoms with Crippen LogP contribution >= 0.6 is 0 Å². The van der Waals surface area contributed by atoms with Gasteiger partial charge in [-0.05, 0) is 32.1 Å². The van der Waals surface area contributed by atoms with Crippen molar-refractivity contribution in [2.75, 3.05) is 26.2 Å². The molecule has 0 aromatic rings. The smallest absolute Gasteiger partial charge is 0.225 e. The number of carbonyl (C=O) groups excluding carboxylic acids is 2. The molecule has 6 heteroatoms. The van der Waals surface area contributed by atoms with Gasteiger partial charge in [0.25, 0.3) is 0 Å². The zero-order valence-corrected chi connectivity index (χ0v) is 13.5. The Hall–Kier alpha value is -1.17. The quantitative estimate of drug-likeness (QED) is 0.788. The number of nitrogens with zero attached hydrogens (tertiary/aromatic N) is 2. The second-order valence-corrected chi connectivity index (χ2v) is 7.59. The van der Waals surface area contributed by atoms with E-state index >= 15 is 0 Å². The average Bonchev–Trinajstić information content (AvgIpc) is 3.18. The van der Waals surface area contributed by atoms with E-state index in [4.69, 9.17) is 4.74 Å². The molecule has 0 unspecified atom stereocenters. The second kappa shape index (κ2) is 6.04. The minimum Gasteiger partial charge on any atom is -0.372 e. The second-order valence-electron chi connectivity index (χ2n) is 7.59. The first kappa shape index (κ1) is 15.4. The number of rotatable bonds is 3. The summed E-state index contributed by atoms with van der Waals surface area (Å²) >= 11 is 0. The maximum absolute atomic E-state index is 12.9. The first-order valence-corrected chi connectivity index (χ1v) is 8.96. The zero-order chi connectivity index (χ0) is 16.0. The lowest BCUT2D eigenvalue weighted by Crippen LogP contribution is -2.42. The minimum atomic E-state index is -0.789. The third-order valence-corrected chi connectivity index (χ3v) is 5.92. The molecule has 4 rings (SSSR count). The molecule has 0 radical (unpaired) electrons. The van der Waals surface area contributed by atoms with Crippen molar-refractivity contribution in [3.05, 3.63) is 0 Å². The van der Waals surface area contributed by atoms with Gasteiger partial charge in [0.2, 0.25) is 11.8 Å². The molecule has 23 heavy (non-hydrogen) atoms. The molecular weight excluding hydrogens is 299 g/mol. The highest BCUT2D eigenvalue weighted by Gasteiger charge is 2.46. The van der Waals surface area contributed by atoms with Gasteiger partial charge in [-0.1, -0.05) is 0 Å². The molecule has 3 heterocycles. The molecule has 5 nitrogen and oxygen atoms in total. The van der Waals surface area contributed by atoms with E-state index in [1.165, 1.54) is 0 Å². The third kappa shape index (κ3) is 2.97. The van der Waals surface area contributed by atoms with Gasteiger partial charge in [-0.15, -0.1) is 0 Å². The van der Waals surface area contributed by atoms with Gasteiger partial charge in [-0.25, -0.2) is 4.39 Å². The number of fused-ring (bicyclic) bond motifs is 1. The molecule has 0 bridgehead atoms. The van der Waals surface area contributed by atoms with E-state index in [0.717, 1.165) is 32.4 Å². The van der Waals surface area contributed by atoms with Crippen LogP contribution in [0.25, 0.3) is 0 Å². The Morgan fingerprint density at radius 3 is 2.43 bits per heavy atom. The summed E-state index contributed by atoms with van der Waals surface area (Å²) < 4.78 is 18.9. The Morgan fingerprint density at radius 1 is 1.04 bits per heavy atom. The fraction of sp³-hybridized carbons (Fsp3) is 0.882. The van der Waals surface area contributed by atoms with Crippen LogP contribution in [0.4, 0.5) is 4.39 Å². The number of ether oxygens (including phenoxy) is 1. The van der Waals surface area contributed by atoms with E-state index in [9.17, 15) is 14.0 Å². The molecule has 3 atom stereocenters. The van der Waals surface area contributed by atoms with E-state index in [1.54, 1.807) is 0 Å². The lowest BCUT2D eigenvalue weighted by atomic mass is 9.82. The maximum Gasteiger partial charge on any atom is 0.225 e. The molecule has 3 saturated heterocycles. The van der Waals surface area contributed by atoms with Gasteiger partial charge in [0.1, 0.15) is 6.17 Å². The van der Waals surface area contributed by atoms with Crippen LogP contribution < -0.4 is 0 Å². The Labute approximate surface area is 136 Å². The lowest BCUT2D eigenvalue weighted by Gasteiger charge is -2.32. The molecule has 0 N–H and O–H groups in total. The van der Waals surface area contributed by atoms with E-state index in [0.29, 0.717) is 38.3 Å². The molecule has 2 amide bonds. The predicted octanol–water partition coefficient (Wildman–Crippen LogP) is 1.36. The zero-order valence-electron chi connectivity index (χ0n) is 13.5. The van der Waals surface area contributed by atoms with Crippen molar-refractivity contribution in [3.8, 4) is 0 Å². The standard InChI is InChI=1S/C17H25FN2O3/c18-13-5-11(6-13)17(22)20-9-12-7-14(23-15(12)10-20)8-16(21)19-3-1-2-4-19/h11-15H,1-10H2/t11?,12-,13?,14-,15+/m0/s1. The number of amides is 2.